The number of nitrogens with one attached hydrogen (secondary N) is 1. The van der Waals surface area contributed by atoms with E-state index in [0.29, 0.717) is 32.7 Å². The molecule has 0 unspecified atom stereocenters. The van der Waals surface area contributed by atoms with Crippen molar-refractivity contribution in [2.24, 2.45) is 0 Å². The number of rotatable bonds is 4. The minimum atomic E-state index is -0.468. The lowest BCUT2D eigenvalue weighted by atomic mass is 10.1. The molecule has 3 rings (SSSR count). The Kier molecular flexibility index (Phi) is 5.06. The second kappa shape index (κ2) is 7.23. The predicted octanol–water partition coefficient (Wildman–Crippen LogP) is 2.42. The van der Waals surface area contributed by atoms with Gasteiger partial charge in [0.05, 0.1) is 31.9 Å². The number of aliphatic hydroxyl groups is 1. The minimum Gasteiger partial charge on any atom is -0.459 e. The van der Waals surface area contributed by atoms with Crippen LogP contribution in [-0.4, -0.2) is 47.9 Å². The molecule has 0 bridgehead atoms. The SMILES string of the molecule is Cc1c(CNC(=O)N2CCOC[C@@H]2C[C@@H](C)O)oc2ccccc12. The highest BCUT2D eigenvalue weighted by molar-refractivity contribution is 5.82. The molecule has 1 fully saturated rings. The molecule has 2 N–H and O–H groups in total. The normalized spacial score (nSPS) is 19.5. The topological polar surface area (TPSA) is 74.9 Å². The van der Waals surface area contributed by atoms with E-state index in [-0.39, 0.29) is 12.1 Å². The number of carbonyl (C=O) groups is 1. The predicted molar refractivity (Wildman–Crippen MR) is 90.8 cm³/mol. The van der Waals surface area contributed by atoms with E-state index in [0.717, 1.165) is 22.3 Å². The van der Waals surface area contributed by atoms with Crippen LogP contribution in [0.5, 0.6) is 0 Å². The third-order valence-corrected chi connectivity index (χ3v) is 4.44. The molecular formula is C18H24N2O4. The number of para-hydroxylation sites is 1. The van der Waals surface area contributed by atoms with Crippen LogP contribution in [0.4, 0.5) is 4.79 Å². The van der Waals surface area contributed by atoms with Crippen LogP contribution >= 0.6 is 0 Å². The molecule has 2 atom stereocenters. The van der Waals surface area contributed by atoms with Gasteiger partial charge in [0.1, 0.15) is 11.3 Å². The van der Waals surface area contributed by atoms with Crippen molar-refractivity contribution in [3.8, 4) is 0 Å². The molecule has 2 heterocycles. The van der Waals surface area contributed by atoms with Gasteiger partial charge in [0.15, 0.2) is 0 Å². The van der Waals surface area contributed by atoms with E-state index in [1.165, 1.54) is 0 Å². The summed E-state index contributed by atoms with van der Waals surface area (Å²) in [6.07, 6.45) is 0.0431. The first kappa shape index (κ1) is 16.8. The van der Waals surface area contributed by atoms with Gasteiger partial charge in [-0.25, -0.2) is 4.79 Å². The highest BCUT2D eigenvalue weighted by Gasteiger charge is 2.28. The first-order valence-corrected chi connectivity index (χ1v) is 8.33. The number of hydrogen-bond donors (Lipinski definition) is 2. The Morgan fingerprint density at radius 1 is 1.46 bits per heavy atom. The number of urea groups is 1. The summed E-state index contributed by atoms with van der Waals surface area (Å²) in [5, 5.41) is 13.6. The van der Waals surface area contributed by atoms with Crippen molar-refractivity contribution < 1.29 is 19.1 Å². The Morgan fingerprint density at radius 2 is 2.25 bits per heavy atom. The van der Waals surface area contributed by atoms with Crippen LogP contribution in [0.1, 0.15) is 24.7 Å². The number of amides is 2. The number of nitrogens with zero attached hydrogens (tertiary/aromatic N) is 1. The molecule has 130 valence electrons. The fraction of sp³-hybridized carbons (Fsp3) is 0.500. The zero-order valence-electron chi connectivity index (χ0n) is 14.1. The standard InChI is InChI=1S/C18H24N2O4/c1-12(21)9-14-11-23-8-7-20(14)18(22)19-10-17-13(2)15-5-3-4-6-16(15)24-17/h3-6,12,14,21H,7-11H2,1-2H3,(H,19,22)/t12-,14+/m1/s1. The molecule has 1 aliphatic heterocycles. The van der Waals surface area contributed by atoms with E-state index in [1.807, 2.05) is 31.2 Å². The van der Waals surface area contributed by atoms with Crippen molar-refractivity contribution >= 4 is 17.0 Å². The molecule has 1 aromatic carbocycles. The Hall–Kier alpha value is -2.05. The van der Waals surface area contributed by atoms with E-state index in [2.05, 4.69) is 5.32 Å². The lowest BCUT2D eigenvalue weighted by Gasteiger charge is -2.36. The number of furan rings is 1. The van der Waals surface area contributed by atoms with Gasteiger partial charge in [-0.05, 0) is 26.3 Å². The smallest absolute Gasteiger partial charge is 0.318 e. The maximum Gasteiger partial charge on any atom is 0.318 e. The fourth-order valence-electron chi connectivity index (χ4n) is 3.16. The molecule has 6 heteroatoms. The maximum absolute atomic E-state index is 12.5. The van der Waals surface area contributed by atoms with Gasteiger partial charge < -0.3 is 24.5 Å². The van der Waals surface area contributed by atoms with E-state index in [1.54, 1.807) is 11.8 Å². The number of hydrogen-bond acceptors (Lipinski definition) is 4. The van der Waals surface area contributed by atoms with Crippen LogP contribution in [0, 0.1) is 6.92 Å². The number of aliphatic hydroxyl groups excluding tert-OH is 1. The second-order valence-corrected chi connectivity index (χ2v) is 6.31. The molecule has 0 aliphatic carbocycles. The summed E-state index contributed by atoms with van der Waals surface area (Å²) < 4.78 is 11.3. The van der Waals surface area contributed by atoms with Crippen LogP contribution in [-0.2, 0) is 11.3 Å². The summed E-state index contributed by atoms with van der Waals surface area (Å²) in [5.74, 6) is 0.768. The quantitative estimate of drug-likeness (QED) is 0.902. The maximum atomic E-state index is 12.5. The molecule has 0 radical (unpaired) electrons. The highest BCUT2D eigenvalue weighted by atomic mass is 16.5. The van der Waals surface area contributed by atoms with E-state index in [4.69, 9.17) is 9.15 Å². The summed E-state index contributed by atoms with van der Waals surface area (Å²) in [4.78, 5) is 14.3. The van der Waals surface area contributed by atoms with Crippen LogP contribution in [0.2, 0.25) is 0 Å². The van der Waals surface area contributed by atoms with Crippen molar-refractivity contribution in [1.82, 2.24) is 10.2 Å². The van der Waals surface area contributed by atoms with Gasteiger partial charge >= 0.3 is 6.03 Å². The van der Waals surface area contributed by atoms with Crippen molar-refractivity contribution in [3.63, 3.8) is 0 Å². The Morgan fingerprint density at radius 3 is 3.00 bits per heavy atom. The van der Waals surface area contributed by atoms with Gasteiger partial charge in [0.2, 0.25) is 0 Å². The summed E-state index contributed by atoms with van der Waals surface area (Å²) in [6.45, 7) is 5.58. The van der Waals surface area contributed by atoms with Crippen LogP contribution in [0.25, 0.3) is 11.0 Å². The molecule has 1 aromatic heterocycles. The Labute approximate surface area is 141 Å². The molecular weight excluding hydrogens is 308 g/mol. The first-order valence-electron chi connectivity index (χ1n) is 8.33. The third-order valence-electron chi connectivity index (χ3n) is 4.44. The van der Waals surface area contributed by atoms with E-state index in [9.17, 15) is 9.90 Å². The van der Waals surface area contributed by atoms with Gasteiger partial charge in [-0.3, -0.25) is 0 Å². The van der Waals surface area contributed by atoms with Crippen molar-refractivity contribution in [3.05, 3.63) is 35.6 Å². The zero-order chi connectivity index (χ0) is 17.1. The van der Waals surface area contributed by atoms with Crippen molar-refractivity contribution in [2.45, 2.75) is 39.0 Å². The third kappa shape index (κ3) is 3.55. The molecule has 6 nitrogen and oxygen atoms in total. The first-order chi connectivity index (χ1) is 11.6. The van der Waals surface area contributed by atoms with Gasteiger partial charge in [-0.2, -0.15) is 0 Å². The largest absolute Gasteiger partial charge is 0.459 e. The number of carbonyl (C=O) groups excluding carboxylic acids is 1. The monoisotopic (exact) mass is 332 g/mol. The fourth-order valence-corrected chi connectivity index (χ4v) is 3.16. The summed E-state index contributed by atoms with van der Waals surface area (Å²) in [7, 11) is 0. The Bertz CT molecular complexity index is 710. The number of fused-ring (bicyclic) bond motifs is 1. The average molecular weight is 332 g/mol. The van der Waals surface area contributed by atoms with Crippen LogP contribution in [0.15, 0.2) is 28.7 Å². The minimum absolute atomic E-state index is 0.101. The average Bonchev–Trinajstić information content (AvgIpc) is 2.89. The van der Waals surface area contributed by atoms with E-state index >= 15 is 0 Å². The summed E-state index contributed by atoms with van der Waals surface area (Å²) in [5.41, 5.74) is 1.88. The molecule has 24 heavy (non-hydrogen) atoms. The van der Waals surface area contributed by atoms with Gasteiger partial charge in [-0.15, -0.1) is 0 Å². The Balaban J connectivity index is 1.66. The lowest BCUT2D eigenvalue weighted by Crippen LogP contribution is -2.53. The van der Waals surface area contributed by atoms with Crippen molar-refractivity contribution in [2.75, 3.05) is 19.8 Å². The highest BCUT2D eigenvalue weighted by Crippen LogP contribution is 2.24. The number of aryl methyl sites for hydroxylation is 1. The molecule has 1 aliphatic rings. The molecule has 1 saturated heterocycles. The number of benzene rings is 1. The van der Waals surface area contributed by atoms with Gasteiger partial charge in [0.25, 0.3) is 0 Å². The van der Waals surface area contributed by atoms with Crippen LogP contribution in [0.3, 0.4) is 0 Å². The lowest BCUT2D eigenvalue weighted by molar-refractivity contribution is -0.00444. The van der Waals surface area contributed by atoms with E-state index < -0.39 is 6.10 Å². The molecule has 0 saturated carbocycles. The number of morpholine rings is 1. The molecule has 2 aromatic rings. The van der Waals surface area contributed by atoms with Crippen molar-refractivity contribution in [1.29, 1.82) is 0 Å². The summed E-state index contributed by atoms with van der Waals surface area (Å²) >= 11 is 0. The zero-order valence-corrected chi connectivity index (χ0v) is 14.1. The van der Waals surface area contributed by atoms with Crippen LogP contribution < -0.4 is 5.32 Å². The molecule has 2 amide bonds. The van der Waals surface area contributed by atoms with Gasteiger partial charge in [-0.1, -0.05) is 18.2 Å². The number of ether oxygens (including phenoxy) is 1. The van der Waals surface area contributed by atoms with Gasteiger partial charge in [0, 0.05) is 17.5 Å². The second-order valence-electron chi connectivity index (χ2n) is 6.31. The summed E-state index contributed by atoms with van der Waals surface area (Å²) in [6, 6.07) is 7.59. The molecule has 0 spiro atoms.